The Kier molecular flexibility index (Phi) is 6.42. The van der Waals surface area contributed by atoms with Crippen molar-refractivity contribution in [1.82, 2.24) is 0 Å². The lowest BCUT2D eigenvalue weighted by molar-refractivity contribution is -0.135. The lowest BCUT2D eigenvalue weighted by Gasteiger charge is -2.32. The van der Waals surface area contributed by atoms with E-state index in [0.29, 0.717) is 16.1 Å². The first-order chi connectivity index (χ1) is 16.7. The second kappa shape index (κ2) is 8.97. The second-order valence-corrected chi connectivity index (χ2v) is 11.8. The molecule has 1 atom stereocenters. The van der Waals surface area contributed by atoms with Crippen LogP contribution in [0.1, 0.15) is 92.1 Å². The van der Waals surface area contributed by atoms with E-state index in [-0.39, 0.29) is 45.8 Å². The van der Waals surface area contributed by atoms with Crippen LogP contribution in [0.25, 0.3) is 0 Å². The molecule has 0 bridgehead atoms. The van der Waals surface area contributed by atoms with Crippen LogP contribution in [-0.4, -0.2) is 22.0 Å². The molecule has 0 amide bonds. The van der Waals surface area contributed by atoms with Gasteiger partial charge in [0.05, 0.1) is 12.0 Å². The van der Waals surface area contributed by atoms with Gasteiger partial charge in [-0.2, -0.15) is 0 Å². The Hall–Kier alpha value is -3.31. The van der Waals surface area contributed by atoms with Crippen LogP contribution in [0.15, 0.2) is 48.5 Å². The minimum absolute atomic E-state index is 0.00289. The molecule has 3 aromatic rings. The first-order valence-electron chi connectivity index (χ1n) is 11.9. The fourth-order valence-electron chi connectivity index (χ4n) is 4.67. The van der Waals surface area contributed by atoms with Gasteiger partial charge < -0.3 is 14.9 Å². The molecule has 5 nitrogen and oxygen atoms in total. The summed E-state index contributed by atoms with van der Waals surface area (Å²) in [5, 5.41) is 23.0. The molecule has 0 aliphatic carbocycles. The van der Waals surface area contributed by atoms with Crippen molar-refractivity contribution in [3.63, 3.8) is 0 Å². The number of esters is 1. The van der Waals surface area contributed by atoms with Crippen LogP contribution in [0.3, 0.4) is 0 Å². The Labute approximate surface area is 216 Å². The second-order valence-electron chi connectivity index (χ2n) is 11.4. The summed E-state index contributed by atoms with van der Waals surface area (Å²) in [6, 6.07) is 13.3. The molecule has 0 spiro atoms. The number of phenolic OH excluding ortho intramolecular Hbond substituents is 2. The minimum atomic E-state index is -0.554. The highest BCUT2D eigenvalue weighted by molar-refractivity contribution is 6.30. The largest absolute Gasteiger partial charge is 0.507 e. The molecule has 1 heterocycles. The minimum Gasteiger partial charge on any atom is -0.507 e. The van der Waals surface area contributed by atoms with E-state index in [9.17, 15) is 19.8 Å². The Morgan fingerprint density at radius 3 is 1.97 bits per heavy atom. The predicted molar refractivity (Wildman–Crippen MR) is 141 cm³/mol. The van der Waals surface area contributed by atoms with Crippen LogP contribution in [0.4, 0.5) is 0 Å². The van der Waals surface area contributed by atoms with Gasteiger partial charge in [0.25, 0.3) is 0 Å². The third kappa shape index (κ3) is 4.72. The van der Waals surface area contributed by atoms with E-state index in [2.05, 4.69) is 0 Å². The Morgan fingerprint density at radius 2 is 1.44 bits per heavy atom. The number of benzene rings is 3. The zero-order chi connectivity index (χ0) is 26.6. The normalized spacial score (nSPS) is 15.9. The summed E-state index contributed by atoms with van der Waals surface area (Å²) in [6.07, 6.45) is -0.00289. The standard InChI is InChI=1S/C30H31ClO5/c1-29(2,3)21-13-17(14-22(28(21)35)30(4,5)6)20-15-24(32)36-23-12-11-19(27(34)25(20)23)26(33)16-7-9-18(31)10-8-16/h7-14,20,34-35H,15H2,1-6H3. The van der Waals surface area contributed by atoms with Gasteiger partial charge in [-0.1, -0.05) is 65.3 Å². The summed E-state index contributed by atoms with van der Waals surface area (Å²) in [5.41, 5.74) is 2.42. The molecular formula is C30H31ClO5. The number of carbonyl (C=O) groups excluding carboxylic acids is 2. The number of phenols is 2. The SMILES string of the molecule is CC(C)(C)c1cc(C2CC(=O)Oc3ccc(C(=O)c4ccc(Cl)cc4)c(O)c32)cc(C(C)(C)C)c1O. The van der Waals surface area contributed by atoms with Gasteiger partial charge in [-0.3, -0.25) is 9.59 Å². The van der Waals surface area contributed by atoms with Crippen LogP contribution in [0, 0.1) is 0 Å². The lowest BCUT2D eigenvalue weighted by Crippen LogP contribution is -2.24. The zero-order valence-corrected chi connectivity index (χ0v) is 22.2. The van der Waals surface area contributed by atoms with E-state index in [4.69, 9.17) is 16.3 Å². The molecule has 6 heteroatoms. The van der Waals surface area contributed by atoms with E-state index in [1.54, 1.807) is 30.3 Å². The number of halogens is 1. The summed E-state index contributed by atoms with van der Waals surface area (Å²) >= 11 is 5.96. The van der Waals surface area contributed by atoms with Gasteiger partial charge in [-0.15, -0.1) is 0 Å². The number of carbonyl (C=O) groups is 2. The van der Waals surface area contributed by atoms with Crippen LogP contribution in [0.5, 0.6) is 17.2 Å². The Balaban J connectivity index is 1.93. The van der Waals surface area contributed by atoms with E-state index in [1.165, 1.54) is 6.07 Å². The Bertz CT molecular complexity index is 1320. The third-order valence-corrected chi connectivity index (χ3v) is 6.87. The van der Waals surface area contributed by atoms with Gasteiger partial charge in [-0.25, -0.2) is 0 Å². The van der Waals surface area contributed by atoms with Crippen LogP contribution < -0.4 is 4.74 Å². The summed E-state index contributed by atoms with van der Waals surface area (Å²) in [4.78, 5) is 25.8. The van der Waals surface area contributed by atoms with Gasteiger partial charge in [0, 0.05) is 22.1 Å². The van der Waals surface area contributed by atoms with E-state index < -0.39 is 11.9 Å². The maximum Gasteiger partial charge on any atom is 0.312 e. The molecule has 1 aliphatic rings. The van der Waals surface area contributed by atoms with Crippen molar-refractivity contribution < 1.29 is 24.5 Å². The van der Waals surface area contributed by atoms with Crippen molar-refractivity contribution in [2.45, 2.75) is 64.7 Å². The van der Waals surface area contributed by atoms with Crippen molar-refractivity contribution in [3.05, 3.63) is 86.9 Å². The van der Waals surface area contributed by atoms with E-state index >= 15 is 0 Å². The molecule has 2 N–H and O–H groups in total. The van der Waals surface area contributed by atoms with Gasteiger partial charge in [0.15, 0.2) is 5.78 Å². The number of rotatable bonds is 3. The first-order valence-corrected chi connectivity index (χ1v) is 12.3. The molecule has 0 fully saturated rings. The summed E-state index contributed by atoms with van der Waals surface area (Å²) < 4.78 is 5.46. The highest BCUT2D eigenvalue weighted by Crippen LogP contribution is 2.48. The number of aromatic hydroxyl groups is 2. The van der Waals surface area contributed by atoms with Crippen molar-refractivity contribution in [3.8, 4) is 17.2 Å². The molecule has 36 heavy (non-hydrogen) atoms. The summed E-state index contributed by atoms with van der Waals surface area (Å²) in [5.74, 6) is -1.10. The number of hydrogen-bond donors (Lipinski definition) is 2. The summed E-state index contributed by atoms with van der Waals surface area (Å²) in [7, 11) is 0. The quantitative estimate of drug-likeness (QED) is 0.226. The monoisotopic (exact) mass is 506 g/mol. The average Bonchev–Trinajstić information content (AvgIpc) is 2.77. The van der Waals surface area contributed by atoms with Crippen molar-refractivity contribution in [2.75, 3.05) is 0 Å². The molecular weight excluding hydrogens is 476 g/mol. The van der Waals surface area contributed by atoms with E-state index in [1.807, 2.05) is 53.7 Å². The van der Waals surface area contributed by atoms with Crippen molar-refractivity contribution >= 4 is 23.4 Å². The molecule has 4 rings (SSSR count). The number of ketones is 1. The fraction of sp³-hybridized carbons (Fsp3) is 0.333. The summed E-state index contributed by atoms with van der Waals surface area (Å²) in [6.45, 7) is 12.1. The number of fused-ring (bicyclic) bond motifs is 1. The molecule has 0 aromatic heterocycles. The first kappa shape index (κ1) is 25.8. The predicted octanol–water partition coefficient (Wildman–Crippen LogP) is 7.02. The number of ether oxygens (including phenoxy) is 1. The van der Waals surface area contributed by atoms with Crippen molar-refractivity contribution in [1.29, 1.82) is 0 Å². The zero-order valence-electron chi connectivity index (χ0n) is 21.4. The van der Waals surface area contributed by atoms with Crippen LogP contribution >= 0.6 is 11.6 Å². The molecule has 1 unspecified atom stereocenters. The maximum atomic E-state index is 13.2. The average molecular weight is 507 g/mol. The molecule has 3 aromatic carbocycles. The van der Waals surface area contributed by atoms with Gasteiger partial charge in [0.1, 0.15) is 17.2 Å². The molecule has 188 valence electrons. The van der Waals surface area contributed by atoms with Crippen molar-refractivity contribution in [2.24, 2.45) is 0 Å². The maximum absolute atomic E-state index is 13.2. The third-order valence-electron chi connectivity index (χ3n) is 6.62. The molecule has 0 saturated heterocycles. The molecule has 1 aliphatic heterocycles. The Morgan fingerprint density at radius 1 is 0.889 bits per heavy atom. The molecule has 0 radical (unpaired) electrons. The highest BCUT2D eigenvalue weighted by atomic mass is 35.5. The van der Waals surface area contributed by atoms with Crippen LogP contribution in [0.2, 0.25) is 5.02 Å². The number of hydrogen-bond acceptors (Lipinski definition) is 5. The van der Waals surface area contributed by atoms with E-state index in [0.717, 1.165) is 16.7 Å². The molecule has 0 saturated carbocycles. The van der Waals surface area contributed by atoms with Gasteiger partial charge in [0.2, 0.25) is 0 Å². The topological polar surface area (TPSA) is 83.8 Å². The fourth-order valence-corrected chi connectivity index (χ4v) is 4.80. The lowest BCUT2D eigenvalue weighted by atomic mass is 9.75. The highest BCUT2D eigenvalue weighted by Gasteiger charge is 2.36. The smallest absolute Gasteiger partial charge is 0.312 e. The van der Waals surface area contributed by atoms with Gasteiger partial charge in [-0.05, 0) is 63.9 Å². The van der Waals surface area contributed by atoms with Gasteiger partial charge >= 0.3 is 5.97 Å². The van der Waals surface area contributed by atoms with Crippen LogP contribution in [-0.2, 0) is 15.6 Å².